The average molecular weight is 117 g/mol. The van der Waals surface area contributed by atoms with Gasteiger partial charge < -0.3 is 9.84 Å². The van der Waals surface area contributed by atoms with Crippen LogP contribution < -0.4 is 0 Å². The molecule has 48 valence electrons. The van der Waals surface area contributed by atoms with Crippen LogP contribution in [-0.4, -0.2) is 43.0 Å². The number of hydrogen-bond acceptors (Lipinski definition) is 3. The fourth-order valence-electron chi connectivity index (χ4n) is 0.853. The van der Waals surface area contributed by atoms with Crippen molar-refractivity contribution in [2.75, 3.05) is 26.8 Å². The van der Waals surface area contributed by atoms with Crippen molar-refractivity contribution in [3.05, 3.63) is 0 Å². The van der Waals surface area contributed by atoms with Crippen LogP contribution in [0.3, 0.4) is 0 Å². The van der Waals surface area contributed by atoms with Crippen LogP contribution in [0.25, 0.3) is 0 Å². The van der Waals surface area contributed by atoms with E-state index in [-0.39, 0.29) is 0 Å². The van der Waals surface area contributed by atoms with Crippen LogP contribution >= 0.6 is 0 Å². The summed E-state index contributed by atoms with van der Waals surface area (Å²) in [6, 6.07) is 0. The lowest BCUT2D eigenvalue weighted by molar-refractivity contribution is 0.159. The maximum absolute atomic E-state index is 7.00. The van der Waals surface area contributed by atoms with Gasteiger partial charge in [0.1, 0.15) is 6.23 Å². The van der Waals surface area contributed by atoms with Crippen molar-refractivity contribution in [3.8, 4) is 0 Å². The molecule has 2 atom stereocenters. The Morgan fingerprint density at radius 1 is 1.62 bits per heavy atom. The van der Waals surface area contributed by atoms with E-state index in [1.807, 2.05) is 0 Å². The summed E-state index contributed by atoms with van der Waals surface area (Å²) < 4.78 is 5.15. The van der Waals surface area contributed by atoms with E-state index in [0.29, 0.717) is 6.23 Å². The normalized spacial score (nSPS) is 39.8. The molecule has 0 amide bonds. The van der Waals surface area contributed by atoms with Crippen molar-refractivity contribution < 1.29 is 9.84 Å². The van der Waals surface area contributed by atoms with Crippen molar-refractivity contribution in [2.45, 2.75) is 6.23 Å². The summed E-state index contributed by atoms with van der Waals surface area (Å²) in [7, 11) is 1.00. The fraction of sp³-hybridized carbons (Fsp3) is 1.00. The van der Waals surface area contributed by atoms with Crippen molar-refractivity contribution in [1.29, 1.82) is 0 Å². The molecule has 2 unspecified atom stereocenters. The zero-order chi connectivity index (χ0) is 5.98. The number of morpholine rings is 1. The maximum atomic E-state index is 7.00. The predicted molar refractivity (Wildman–Crippen MR) is 29.5 cm³/mol. The van der Waals surface area contributed by atoms with Gasteiger partial charge >= 0.3 is 0 Å². The highest BCUT2D eigenvalue weighted by Gasteiger charge is 2.39. The Labute approximate surface area is 48.9 Å². The van der Waals surface area contributed by atoms with Crippen LogP contribution in [0.5, 0.6) is 0 Å². The van der Waals surface area contributed by atoms with Crippen LogP contribution in [0, 0.1) is 0 Å². The molecule has 2 saturated heterocycles. The number of ether oxygens (including phenoxy) is 1. The number of aliphatic hydroxyl groups excluding tert-OH is 1. The third kappa shape index (κ3) is 0.992. The molecule has 1 N–H and O–H groups in total. The van der Waals surface area contributed by atoms with Gasteiger partial charge in [-0.1, -0.05) is 0 Å². The van der Waals surface area contributed by atoms with Gasteiger partial charge in [-0.3, -0.25) is 4.90 Å². The van der Waals surface area contributed by atoms with Gasteiger partial charge in [-0.2, -0.15) is 0 Å². The molecule has 0 saturated carbocycles. The lowest BCUT2D eigenvalue weighted by atomic mass is 10.7. The van der Waals surface area contributed by atoms with Gasteiger partial charge in [0.2, 0.25) is 0 Å². The molecular weight excluding hydrogens is 106 g/mol. The summed E-state index contributed by atoms with van der Waals surface area (Å²) in [5, 5.41) is 7.00. The molecule has 2 heterocycles. The van der Waals surface area contributed by atoms with Gasteiger partial charge in [-0.25, -0.2) is 0 Å². The topological polar surface area (TPSA) is 32.5 Å². The van der Waals surface area contributed by atoms with E-state index >= 15 is 0 Å². The first-order valence-corrected chi connectivity index (χ1v) is 2.77. The van der Waals surface area contributed by atoms with Crippen LogP contribution in [0.15, 0.2) is 0 Å². The van der Waals surface area contributed by atoms with E-state index in [1.54, 1.807) is 0 Å². The first kappa shape index (κ1) is 6.01. The molecule has 0 aliphatic carbocycles. The molecule has 2 rings (SSSR count). The third-order valence-corrected chi connectivity index (χ3v) is 1.35. The van der Waals surface area contributed by atoms with E-state index in [0.717, 1.165) is 13.7 Å². The maximum Gasteiger partial charge on any atom is 0.123 e. The fourth-order valence-corrected chi connectivity index (χ4v) is 0.853. The van der Waals surface area contributed by atoms with Gasteiger partial charge in [0.05, 0.1) is 6.61 Å². The quantitative estimate of drug-likeness (QED) is 0.424. The standard InChI is InChI=1S/C4H7NO.CH4O/c1-2-6-4-3-5(1)4;1-2/h4H,1-3H2;2H,1H3. The highest BCUT2D eigenvalue weighted by Crippen LogP contribution is 2.22. The molecule has 0 bridgehead atoms. The van der Waals surface area contributed by atoms with Gasteiger partial charge in [0, 0.05) is 20.2 Å². The summed E-state index contributed by atoms with van der Waals surface area (Å²) in [6.07, 6.45) is 0.546. The predicted octanol–water partition coefficient (Wildman–Crippen LogP) is -0.733. The largest absolute Gasteiger partial charge is 0.400 e. The molecule has 3 nitrogen and oxygen atoms in total. The molecule has 0 aromatic rings. The van der Waals surface area contributed by atoms with E-state index in [4.69, 9.17) is 9.84 Å². The molecule has 0 aromatic carbocycles. The smallest absolute Gasteiger partial charge is 0.123 e. The summed E-state index contributed by atoms with van der Waals surface area (Å²) in [5.41, 5.74) is 0. The van der Waals surface area contributed by atoms with Crippen molar-refractivity contribution in [1.82, 2.24) is 4.90 Å². The first-order valence-electron chi connectivity index (χ1n) is 2.77. The molecule has 3 heteroatoms. The second-order valence-electron chi connectivity index (χ2n) is 1.82. The highest BCUT2D eigenvalue weighted by molar-refractivity contribution is 4.85. The number of fused-ring (bicyclic) bond motifs is 1. The number of rotatable bonds is 0. The highest BCUT2D eigenvalue weighted by atomic mass is 16.5. The van der Waals surface area contributed by atoms with E-state index in [9.17, 15) is 0 Å². The van der Waals surface area contributed by atoms with Gasteiger partial charge in [-0.05, 0) is 0 Å². The van der Waals surface area contributed by atoms with Crippen LogP contribution in [0.2, 0.25) is 0 Å². The van der Waals surface area contributed by atoms with Gasteiger partial charge in [-0.15, -0.1) is 0 Å². The zero-order valence-electron chi connectivity index (χ0n) is 5.00. The number of hydrogen-bond donors (Lipinski definition) is 1. The molecule has 0 aromatic heterocycles. The van der Waals surface area contributed by atoms with Crippen LogP contribution in [0.4, 0.5) is 0 Å². The van der Waals surface area contributed by atoms with Crippen LogP contribution in [0.1, 0.15) is 0 Å². The number of nitrogens with zero attached hydrogens (tertiary/aromatic N) is 1. The second-order valence-corrected chi connectivity index (χ2v) is 1.82. The molecule has 2 fully saturated rings. The van der Waals surface area contributed by atoms with E-state index in [1.165, 1.54) is 13.1 Å². The minimum Gasteiger partial charge on any atom is -0.400 e. The Bertz CT molecular complexity index is 68.8. The van der Waals surface area contributed by atoms with Crippen LogP contribution in [-0.2, 0) is 4.74 Å². The van der Waals surface area contributed by atoms with Crippen molar-refractivity contribution >= 4 is 0 Å². The SMILES string of the molecule is C1CN2CC2O1.CO. The minimum atomic E-state index is 0.546. The number of aliphatic hydroxyl groups is 1. The summed E-state index contributed by atoms with van der Waals surface area (Å²) in [4.78, 5) is 2.31. The lowest BCUT2D eigenvalue weighted by Gasteiger charge is -1.83. The monoisotopic (exact) mass is 117 g/mol. The first-order chi connectivity index (χ1) is 3.97. The van der Waals surface area contributed by atoms with E-state index in [2.05, 4.69) is 4.90 Å². The molecule has 2 aliphatic heterocycles. The summed E-state index contributed by atoms with van der Waals surface area (Å²) in [6.45, 7) is 3.33. The Balaban J connectivity index is 0.000000147. The average Bonchev–Trinajstić information content (AvgIpc) is 2.46. The Hall–Kier alpha value is -0.120. The Morgan fingerprint density at radius 3 is 2.50 bits per heavy atom. The summed E-state index contributed by atoms with van der Waals surface area (Å²) >= 11 is 0. The molecule has 2 aliphatic rings. The molecule has 8 heavy (non-hydrogen) atoms. The van der Waals surface area contributed by atoms with Crippen molar-refractivity contribution in [3.63, 3.8) is 0 Å². The molecular formula is C5H11NO2. The van der Waals surface area contributed by atoms with Gasteiger partial charge in [0.25, 0.3) is 0 Å². The summed E-state index contributed by atoms with van der Waals surface area (Å²) in [5.74, 6) is 0. The lowest BCUT2D eigenvalue weighted by Crippen LogP contribution is -1.96. The third-order valence-electron chi connectivity index (χ3n) is 1.35. The van der Waals surface area contributed by atoms with Gasteiger partial charge in [0.15, 0.2) is 0 Å². The zero-order valence-corrected chi connectivity index (χ0v) is 5.00. The minimum absolute atomic E-state index is 0.546. The van der Waals surface area contributed by atoms with Crippen molar-refractivity contribution in [2.24, 2.45) is 0 Å². The Kier molecular flexibility index (Phi) is 1.83. The Morgan fingerprint density at radius 2 is 2.38 bits per heavy atom. The molecule has 0 spiro atoms. The molecule has 0 radical (unpaired) electrons. The van der Waals surface area contributed by atoms with E-state index < -0.39 is 0 Å². The second kappa shape index (κ2) is 2.44.